The molecule has 0 N–H and O–H groups in total. The summed E-state index contributed by atoms with van der Waals surface area (Å²) in [7, 11) is 0. The van der Waals surface area contributed by atoms with Crippen LogP contribution in [-0.2, 0) is 26.2 Å². The smallest absolute Gasteiger partial charge is 1.00 e. The van der Waals surface area contributed by atoms with Gasteiger partial charge in [0.15, 0.2) is 0 Å². The number of hydrogen-bond acceptors (Lipinski definition) is 0. The molecular formula is C7H9Cl2Zr. The first-order valence-corrected chi connectivity index (χ1v) is 2.57. The minimum atomic E-state index is 0. The van der Waals surface area contributed by atoms with E-state index < -0.39 is 0 Å². The minimum absolute atomic E-state index is 0. The van der Waals surface area contributed by atoms with Gasteiger partial charge in [-0.05, 0) is 0 Å². The Morgan fingerprint density at radius 2 is 1.90 bits per heavy atom. The maximum absolute atomic E-state index is 3.15. The predicted molar refractivity (Wildman–Crippen MR) is 30.7 cm³/mol. The van der Waals surface area contributed by atoms with E-state index in [9.17, 15) is 0 Å². The van der Waals surface area contributed by atoms with Crippen molar-refractivity contribution in [2.75, 3.05) is 0 Å². The summed E-state index contributed by atoms with van der Waals surface area (Å²) in [6, 6.07) is 0. The van der Waals surface area contributed by atoms with Crippen molar-refractivity contribution in [2.45, 2.75) is 13.8 Å². The first-order chi connectivity index (χ1) is 3.29. The molecule has 3 heteroatoms. The minimum Gasteiger partial charge on any atom is -1.00 e. The molecule has 1 atom stereocenters. The predicted octanol–water partition coefficient (Wildman–Crippen LogP) is -4.05. The van der Waals surface area contributed by atoms with E-state index in [1.807, 2.05) is 6.08 Å². The summed E-state index contributed by atoms with van der Waals surface area (Å²) < 4.78 is 0. The average Bonchev–Trinajstić information content (AvgIpc) is 1.87. The van der Waals surface area contributed by atoms with Crippen molar-refractivity contribution >= 4 is 0 Å². The molecule has 0 aromatic carbocycles. The van der Waals surface area contributed by atoms with Gasteiger partial charge in [-0.15, -0.1) is 6.92 Å². The normalized spacial score (nSPS) is 19.8. The van der Waals surface area contributed by atoms with Crippen LogP contribution in [0.15, 0.2) is 17.7 Å². The molecule has 0 spiro atoms. The van der Waals surface area contributed by atoms with Crippen LogP contribution >= 0.6 is 0 Å². The third kappa shape index (κ3) is 5.71. The van der Waals surface area contributed by atoms with Crippen LogP contribution in [0.3, 0.4) is 0 Å². The Bertz CT molecular complexity index is 130. The van der Waals surface area contributed by atoms with Crippen molar-refractivity contribution in [3.63, 3.8) is 0 Å². The van der Waals surface area contributed by atoms with Crippen molar-refractivity contribution in [1.82, 2.24) is 0 Å². The summed E-state index contributed by atoms with van der Waals surface area (Å²) in [6.07, 6.45) is 7.38. The summed E-state index contributed by atoms with van der Waals surface area (Å²) in [5.74, 6) is 0.556. The van der Waals surface area contributed by atoms with E-state index in [0.29, 0.717) is 5.92 Å². The molecule has 0 saturated carbocycles. The van der Waals surface area contributed by atoms with E-state index in [-0.39, 0.29) is 51.0 Å². The summed E-state index contributed by atoms with van der Waals surface area (Å²) >= 11 is 0. The second-order valence-corrected chi connectivity index (χ2v) is 2.01. The Hall–Kier alpha value is 0.943. The van der Waals surface area contributed by atoms with Gasteiger partial charge in [0.05, 0.1) is 0 Å². The van der Waals surface area contributed by atoms with E-state index in [2.05, 4.69) is 26.0 Å². The van der Waals surface area contributed by atoms with E-state index in [1.54, 1.807) is 0 Å². The molecule has 1 unspecified atom stereocenters. The SMILES string of the molecule is CC1=CC(C)[C-]=C1.[Cl-].[Cl-].[Zr+3]. The number of rotatable bonds is 0. The molecule has 1 aliphatic rings. The average molecular weight is 255 g/mol. The van der Waals surface area contributed by atoms with Gasteiger partial charge in [-0.25, -0.2) is 11.6 Å². The molecule has 0 bridgehead atoms. The van der Waals surface area contributed by atoms with Gasteiger partial charge in [0.25, 0.3) is 0 Å². The molecule has 1 radical (unpaired) electrons. The zero-order valence-electron chi connectivity index (χ0n) is 5.99. The largest absolute Gasteiger partial charge is 3.00 e. The van der Waals surface area contributed by atoms with Crippen LogP contribution < -0.4 is 24.8 Å². The summed E-state index contributed by atoms with van der Waals surface area (Å²) in [4.78, 5) is 0. The maximum Gasteiger partial charge on any atom is 3.00 e. The van der Waals surface area contributed by atoms with E-state index in [0.717, 1.165) is 0 Å². The molecular weight excluding hydrogens is 246 g/mol. The van der Waals surface area contributed by atoms with Gasteiger partial charge in [-0.1, -0.05) is 12.8 Å². The molecule has 10 heavy (non-hydrogen) atoms. The molecule has 0 nitrogen and oxygen atoms in total. The first kappa shape index (κ1) is 17.1. The molecule has 0 amide bonds. The van der Waals surface area contributed by atoms with Crippen molar-refractivity contribution in [3.05, 3.63) is 23.8 Å². The zero-order chi connectivity index (χ0) is 5.28. The third-order valence-corrected chi connectivity index (χ3v) is 1.09. The van der Waals surface area contributed by atoms with E-state index >= 15 is 0 Å². The van der Waals surface area contributed by atoms with Crippen molar-refractivity contribution < 1.29 is 51.0 Å². The Labute approximate surface area is 94.1 Å². The first-order valence-electron chi connectivity index (χ1n) is 2.57. The maximum atomic E-state index is 3.15. The van der Waals surface area contributed by atoms with Crippen LogP contribution in [0, 0.1) is 12.0 Å². The fourth-order valence-corrected chi connectivity index (χ4v) is 0.753. The van der Waals surface area contributed by atoms with Crippen LogP contribution in [0.2, 0.25) is 0 Å². The summed E-state index contributed by atoms with van der Waals surface area (Å²) in [5.41, 5.74) is 1.34. The van der Waals surface area contributed by atoms with Gasteiger partial charge >= 0.3 is 26.2 Å². The van der Waals surface area contributed by atoms with Crippen LogP contribution in [-0.4, -0.2) is 0 Å². The zero-order valence-corrected chi connectivity index (χ0v) is 9.96. The number of halogens is 2. The van der Waals surface area contributed by atoms with Gasteiger partial charge in [-0.2, -0.15) is 6.08 Å². The van der Waals surface area contributed by atoms with Crippen LogP contribution in [0.1, 0.15) is 13.8 Å². The van der Waals surface area contributed by atoms with E-state index in [1.165, 1.54) is 5.57 Å². The third-order valence-electron chi connectivity index (χ3n) is 1.09. The van der Waals surface area contributed by atoms with Crippen LogP contribution in [0.5, 0.6) is 0 Å². The fourth-order valence-electron chi connectivity index (χ4n) is 0.753. The van der Waals surface area contributed by atoms with Gasteiger partial charge < -0.3 is 24.8 Å². The number of allylic oxidation sites excluding steroid dienone is 4. The Morgan fingerprint density at radius 3 is 2.00 bits per heavy atom. The van der Waals surface area contributed by atoms with E-state index in [4.69, 9.17) is 0 Å². The van der Waals surface area contributed by atoms with Crippen molar-refractivity contribution in [1.29, 1.82) is 0 Å². The molecule has 0 aromatic heterocycles. The Balaban J connectivity index is -0.000000163. The summed E-state index contributed by atoms with van der Waals surface area (Å²) in [6.45, 7) is 4.23. The molecule has 0 aliphatic heterocycles. The second-order valence-electron chi connectivity index (χ2n) is 2.01. The fraction of sp³-hybridized carbons (Fsp3) is 0.429. The van der Waals surface area contributed by atoms with Crippen molar-refractivity contribution in [3.8, 4) is 0 Å². The molecule has 0 saturated heterocycles. The quantitative estimate of drug-likeness (QED) is 0.387. The molecule has 55 valence electrons. The molecule has 0 heterocycles. The Morgan fingerprint density at radius 1 is 1.40 bits per heavy atom. The summed E-state index contributed by atoms with van der Waals surface area (Å²) in [5, 5.41) is 0. The molecule has 1 aliphatic carbocycles. The monoisotopic (exact) mass is 253 g/mol. The molecule has 1 rings (SSSR count). The van der Waals surface area contributed by atoms with Crippen molar-refractivity contribution in [2.24, 2.45) is 5.92 Å². The van der Waals surface area contributed by atoms with Gasteiger partial charge in [0.2, 0.25) is 0 Å². The van der Waals surface area contributed by atoms with Gasteiger partial charge in [0.1, 0.15) is 0 Å². The van der Waals surface area contributed by atoms with Gasteiger partial charge in [0, 0.05) is 0 Å². The number of hydrogen-bond donors (Lipinski definition) is 0. The molecule has 0 aromatic rings. The van der Waals surface area contributed by atoms with Gasteiger partial charge in [-0.3, -0.25) is 6.08 Å². The standard InChI is InChI=1S/C7H9.2ClH.Zr/c1-6-3-4-7(2)5-6;;;/h3,5,7H,1-2H3;2*1H;/q-1;;;+3/p-2. The second kappa shape index (κ2) is 8.04. The van der Waals surface area contributed by atoms with Crippen LogP contribution in [0.25, 0.3) is 0 Å². The molecule has 0 fully saturated rings. The van der Waals surface area contributed by atoms with Crippen LogP contribution in [0.4, 0.5) is 0 Å². The topological polar surface area (TPSA) is 0 Å². The Kier molecular flexibility index (Phi) is 13.8.